The molecule has 2 aliphatic heterocycles. The summed E-state index contributed by atoms with van der Waals surface area (Å²) in [5.41, 5.74) is 28.2. The second-order valence-corrected chi connectivity index (χ2v) is 29.2. The van der Waals surface area contributed by atoms with Gasteiger partial charge in [0.05, 0.1) is 90.0 Å². The molecule has 7 aromatic heterocycles. The zero-order valence-corrected chi connectivity index (χ0v) is 59.7. The third-order valence-electron chi connectivity index (χ3n) is 22.8. The molecule has 508 valence electrons. The Morgan fingerprint density at radius 2 is 0.661 bits per heavy atom. The van der Waals surface area contributed by atoms with Crippen LogP contribution in [0.1, 0.15) is 66.8 Å². The second kappa shape index (κ2) is 23.9. The molecule has 2 spiro atoms. The van der Waals surface area contributed by atoms with Gasteiger partial charge in [-0.15, -0.1) is 0 Å². The van der Waals surface area contributed by atoms with Crippen LogP contribution in [0.15, 0.2) is 333 Å². The molecule has 5 aliphatic rings. The van der Waals surface area contributed by atoms with Gasteiger partial charge < -0.3 is 23.2 Å². The van der Waals surface area contributed by atoms with Crippen molar-refractivity contribution >= 4 is 81.3 Å². The number of pyridine rings is 4. The number of nitrogens with zero attached hydrogens (tertiary/aromatic N) is 9. The maximum atomic E-state index is 9.69. The molecule has 3 aliphatic carbocycles. The topological polar surface area (TPSA) is 132 Å². The molecule has 0 N–H and O–H groups in total. The van der Waals surface area contributed by atoms with Crippen molar-refractivity contribution in [3.05, 3.63) is 399 Å². The minimum atomic E-state index is -0.665. The Bertz CT molecular complexity index is 7160. The van der Waals surface area contributed by atoms with Crippen molar-refractivity contribution in [3.8, 4) is 86.1 Å². The lowest BCUT2D eigenvalue weighted by atomic mass is 9.66. The zero-order valence-electron chi connectivity index (χ0n) is 58.1. The number of aromatic nitrogens is 7. The summed E-state index contributed by atoms with van der Waals surface area (Å²) in [5.74, 6) is 3.39. The van der Waals surface area contributed by atoms with Crippen LogP contribution in [0.3, 0.4) is 0 Å². The highest BCUT2D eigenvalue weighted by atomic mass is 79.9. The van der Waals surface area contributed by atoms with Crippen molar-refractivity contribution in [2.75, 3.05) is 0 Å². The first-order valence-corrected chi connectivity index (χ1v) is 37.1. The van der Waals surface area contributed by atoms with Crippen LogP contribution in [0, 0.1) is 22.7 Å². The Hall–Kier alpha value is -14.3. The average Bonchev–Trinajstić information content (AvgIpc) is 1.54. The van der Waals surface area contributed by atoms with Crippen LogP contribution < -0.4 is 9.47 Å². The van der Waals surface area contributed by atoms with Gasteiger partial charge in [-0.25, -0.2) is 0 Å². The van der Waals surface area contributed by atoms with Gasteiger partial charge >= 0.3 is 0 Å². The van der Waals surface area contributed by atoms with Gasteiger partial charge in [0.15, 0.2) is 0 Å². The van der Waals surface area contributed by atoms with Crippen LogP contribution in [-0.2, 0) is 17.3 Å². The first kappa shape index (κ1) is 62.1. The molecule has 0 amide bonds. The number of rotatable bonds is 3. The number of halogens is 1. The van der Waals surface area contributed by atoms with Gasteiger partial charge in [-0.3, -0.25) is 19.9 Å². The van der Waals surface area contributed by atoms with Crippen molar-refractivity contribution in [2.24, 2.45) is 0 Å². The van der Waals surface area contributed by atoms with Gasteiger partial charge in [-0.1, -0.05) is 162 Å². The van der Waals surface area contributed by atoms with Crippen molar-refractivity contribution in [3.63, 3.8) is 0 Å². The minimum Gasteiger partial charge on any atom is -0.457 e. The number of hydrogen-bond donors (Lipinski definition) is 0. The number of nitriles is 2. The molecule has 0 saturated carbocycles. The Labute approximate surface area is 633 Å². The molecule has 12 aromatic carbocycles. The van der Waals surface area contributed by atoms with E-state index in [0.717, 1.165) is 167 Å². The van der Waals surface area contributed by atoms with E-state index in [4.69, 9.17) is 29.4 Å². The Morgan fingerprint density at radius 3 is 1.17 bits per heavy atom. The smallest absolute Gasteiger partial charge is 0.132 e. The molecular formula is C97H56BrN9O2. The van der Waals surface area contributed by atoms with E-state index >= 15 is 0 Å². The lowest BCUT2D eigenvalue weighted by Gasteiger charge is -2.39. The summed E-state index contributed by atoms with van der Waals surface area (Å²) in [7, 11) is 0. The van der Waals surface area contributed by atoms with Gasteiger partial charge in [0.1, 0.15) is 23.0 Å². The molecule has 11 nitrogen and oxygen atoms in total. The van der Waals surface area contributed by atoms with Crippen molar-refractivity contribution < 1.29 is 9.47 Å². The van der Waals surface area contributed by atoms with Crippen LogP contribution in [0.25, 0.3) is 116 Å². The molecule has 0 atom stereocenters. The van der Waals surface area contributed by atoms with Crippen LogP contribution in [0.4, 0.5) is 0 Å². The summed E-state index contributed by atoms with van der Waals surface area (Å²) in [6.07, 6.45) is 8.39. The fourth-order valence-corrected chi connectivity index (χ4v) is 18.8. The summed E-state index contributed by atoms with van der Waals surface area (Å²) in [4.78, 5) is 19.2. The summed E-state index contributed by atoms with van der Waals surface area (Å²) in [6, 6.07) is 110. The number of para-hydroxylation sites is 5. The number of ether oxygens (including phenoxy) is 2. The molecule has 9 heterocycles. The molecule has 19 aromatic rings. The lowest BCUT2D eigenvalue weighted by Crippen LogP contribution is -2.32. The molecule has 0 radical (unpaired) electrons. The van der Waals surface area contributed by atoms with Crippen LogP contribution in [0.5, 0.6) is 23.0 Å². The molecular weight excluding hydrogens is 1400 g/mol. The van der Waals surface area contributed by atoms with E-state index in [0.29, 0.717) is 11.1 Å². The summed E-state index contributed by atoms with van der Waals surface area (Å²) in [6.45, 7) is 0. The standard InChI is InChI=1S/C48H27N5O.C26H16N2.C23H13BrN2O/c49-28-29-17-20-42-34(25-29)32-9-1-4-14-40(32)52(42)30-18-21-43-35(26-30)33-10-2-5-15-41(33)53(43)31-19-22-45-39(27-31)48(36-11-3-6-16-44(36)54-45)37-12-7-23-50-46(37)47-38(48)13-8-24-51-47;27-16-17-9-12-26-24(13-17)22-7-3-4-8-25(22)28(26)20-11-10-19-14-18-5-1-2-6-21(18)23(19)15-20;24-14-9-10-20-18(13-14)23(15-5-1-2-8-19(15)27-20)16-6-3-11-25-21(16)22-17(23)7-4-12-26-22/h1-27H;1-13,15H,14H2;1-13H. The predicted octanol–water partition coefficient (Wildman–Crippen LogP) is 22.9. The fraction of sp³-hybridized carbons (Fsp3) is 0.0309. The minimum absolute atomic E-state index is 0.485. The second-order valence-electron chi connectivity index (χ2n) is 28.2. The molecule has 0 saturated heterocycles. The average molecular weight is 1460 g/mol. The van der Waals surface area contributed by atoms with E-state index in [1.165, 1.54) is 38.5 Å². The third-order valence-corrected chi connectivity index (χ3v) is 23.3. The van der Waals surface area contributed by atoms with Gasteiger partial charge in [0.25, 0.3) is 0 Å². The molecule has 109 heavy (non-hydrogen) atoms. The SMILES string of the molecule is Brc1ccc2c(c1)C1(c3ccccc3O2)c2cccnc2-c2ncccc21.N#Cc1ccc2c(c1)c1ccccc1n2-c1ccc2c(c1)-c1ccccc1C2.N#Cc1ccc2c(c1)c1ccccc1n2-c1ccc2c(c1)c1ccccc1n2-c1ccc2c(c1)C1(c3ccccc3O2)c2cccnc2-c2ncccc21. The van der Waals surface area contributed by atoms with Crippen molar-refractivity contribution in [1.82, 2.24) is 33.6 Å². The Morgan fingerprint density at radius 1 is 0.294 bits per heavy atom. The summed E-state index contributed by atoms with van der Waals surface area (Å²) < 4.78 is 21.0. The van der Waals surface area contributed by atoms with E-state index in [2.05, 4.69) is 266 Å². The highest BCUT2D eigenvalue weighted by Crippen LogP contribution is 2.63. The first-order chi connectivity index (χ1) is 53.9. The predicted molar refractivity (Wildman–Crippen MR) is 434 cm³/mol. The van der Waals surface area contributed by atoms with Gasteiger partial charge in [-0.05, 0) is 209 Å². The highest BCUT2D eigenvalue weighted by molar-refractivity contribution is 9.10. The van der Waals surface area contributed by atoms with E-state index < -0.39 is 10.8 Å². The molecule has 0 fully saturated rings. The monoisotopic (exact) mass is 1460 g/mol. The Balaban J connectivity index is 0.000000112. The van der Waals surface area contributed by atoms with Gasteiger partial charge in [0.2, 0.25) is 0 Å². The lowest BCUT2D eigenvalue weighted by molar-refractivity contribution is 0.436. The third kappa shape index (κ3) is 8.89. The number of benzene rings is 12. The molecule has 12 heteroatoms. The van der Waals surface area contributed by atoms with E-state index in [-0.39, 0.29) is 0 Å². The number of hydrogen-bond acceptors (Lipinski definition) is 8. The van der Waals surface area contributed by atoms with E-state index in [9.17, 15) is 10.5 Å². The van der Waals surface area contributed by atoms with E-state index in [1.807, 2.05) is 104 Å². The maximum Gasteiger partial charge on any atom is 0.132 e. The van der Waals surface area contributed by atoms with Crippen LogP contribution >= 0.6 is 15.9 Å². The first-order valence-electron chi connectivity index (χ1n) is 36.3. The highest BCUT2D eigenvalue weighted by Gasteiger charge is 2.54. The Kier molecular flexibility index (Phi) is 13.6. The molecule has 0 bridgehead atoms. The van der Waals surface area contributed by atoms with Gasteiger partial charge in [0, 0.05) is 101 Å². The van der Waals surface area contributed by atoms with Crippen LogP contribution in [-0.4, -0.2) is 33.6 Å². The molecule has 24 rings (SSSR count). The normalized spacial score (nSPS) is 13.4. The fourth-order valence-electron chi connectivity index (χ4n) is 18.5. The maximum absolute atomic E-state index is 9.69. The largest absolute Gasteiger partial charge is 0.457 e. The van der Waals surface area contributed by atoms with Gasteiger partial charge in [-0.2, -0.15) is 10.5 Å². The van der Waals surface area contributed by atoms with Crippen LogP contribution in [0.2, 0.25) is 0 Å². The van der Waals surface area contributed by atoms with Crippen molar-refractivity contribution in [2.45, 2.75) is 17.3 Å². The van der Waals surface area contributed by atoms with Crippen molar-refractivity contribution in [1.29, 1.82) is 10.5 Å². The van der Waals surface area contributed by atoms with E-state index in [1.54, 1.807) is 0 Å². The quantitative estimate of drug-likeness (QED) is 0.171. The zero-order chi connectivity index (χ0) is 72.2. The number of fused-ring (bicyclic) bond motifs is 30. The summed E-state index contributed by atoms with van der Waals surface area (Å²) >= 11 is 3.65. The molecule has 0 unspecified atom stereocenters. The summed E-state index contributed by atoms with van der Waals surface area (Å²) in [5, 5.41) is 25.8.